The first-order chi connectivity index (χ1) is 9.45. The lowest BCUT2D eigenvalue weighted by molar-refractivity contribution is -0.139. The maximum Gasteiger partial charge on any atom is 0.329 e. The zero-order valence-electron chi connectivity index (χ0n) is 11.1. The number of hydrogen-bond donors (Lipinski definition) is 2. The molecule has 2 N–H and O–H groups in total. The minimum absolute atomic E-state index is 0.0739. The molecule has 0 saturated carbocycles. The Morgan fingerprint density at radius 1 is 1.30 bits per heavy atom. The highest BCUT2D eigenvalue weighted by molar-refractivity contribution is 6.38. The molecular weight excluding hydrogens is 301 g/mol. The van der Waals surface area contributed by atoms with Gasteiger partial charge in [0.1, 0.15) is 0 Å². The second-order valence-corrected chi connectivity index (χ2v) is 4.93. The normalized spacial score (nSPS) is 12.2. The van der Waals surface area contributed by atoms with E-state index in [1.165, 1.54) is 6.21 Å². The Labute approximate surface area is 127 Å². The van der Waals surface area contributed by atoms with E-state index in [2.05, 4.69) is 15.8 Å². The second-order valence-electron chi connectivity index (χ2n) is 4.12. The third-order valence-corrected chi connectivity index (χ3v) is 3.21. The summed E-state index contributed by atoms with van der Waals surface area (Å²) < 4.78 is 0. The zero-order valence-corrected chi connectivity index (χ0v) is 12.6. The number of halogens is 2. The molecule has 1 atom stereocenters. The summed E-state index contributed by atoms with van der Waals surface area (Å²) in [5, 5.41) is 6.99. The molecule has 7 heteroatoms. The van der Waals surface area contributed by atoms with E-state index in [4.69, 9.17) is 23.2 Å². The summed E-state index contributed by atoms with van der Waals surface area (Å²) in [4.78, 5) is 22.9. The van der Waals surface area contributed by atoms with Crippen LogP contribution in [-0.4, -0.2) is 24.1 Å². The highest BCUT2D eigenvalue weighted by Crippen LogP contribution is 2.21. The van der Waals surface area contributed by atoms with Crippen LogP contribution >= 0.6 is 23.2 Å². The Bertz CT molecular complexity index is 512. The van der Waals surface area contributed by atoms with Crippen molar-refractivity contribution in [1.82, 2.24) is 10.7 Å². The number of benzene rings is 1. The standard InChI is InChI=1S/C13H15Cl2N3O2/c1-3-8(2)17-12(19)13(20)18-16-7-9-10(14)5-4-6-11(9)15/h4-8H,3H2,1-2H3,(H,17,19)(H,18,20)/b16-7-/t8-/m1/s1. The first kappa shape index (κ1) is 16.5. The molecule has 0 unspecified atom stereocenters. The fraction of sp³-hybridized carbons (Fsp3) is 0.308. The largest absolute Gasteiger partial charge is 0.345 e. The van der Waals surface area contributed by atoms with Crippen molar-refractivity contribution in [2.24, 2.45) is 5.10 Å². The van der Waals surface area contributed by atoms with E-state index in [9.17, 15) is 9.59 Å². The number of carbonyl (C=O) groups excluding carboxylic acids is 2. The van der Waals surface area contributed by atoms with Crippen LogP contribution in [-0.2, 0) is 9.59 Å². The molecule has 0 aliphatic carbocycles. The van der Waals surface area contributed by atoms with Gasteiger partial charge >= 0.3 is 11.8 Å². The van der Waals surface area contributed by atoms with Crippen molar-refractivity contribution in [3.05, 3.63) is 33.8 Å². The van der Waals surface area contributed by atoms with Gasteiger partial charge in [0, 0.05) is 11.6 Å². The Hall–Kier alpha value is -1.59. The van der Waals surface area contributed by atoms with E-state index in [0.29, 0.717) is 15.6 Å². The third-order valence-electron chi connectivity index (χ3n) is 2.56. The average Bonchev–Trinajstić information content (AvgIpc) is 2.41. The van der Waals surface area contributed by atoms with Gasteiger partial charge in [0.25, 0.3) is 0 Å². The van der Waals surface area contributed by atoms with Gasteiger partial charge in [-0.3, -0.25) is 9.59 Å². The maximum absolute atomic E-state index is 11.5. The molecule has 0 aliphatic rings. The van der Waals surface area contributed by atoms with Crippen LogP contribution in [0.1, 0.15) is 25.8 Å². The van der Waals surface area contributed by atoms with Crippen molar-refractivity contribution in [2.45, 2.75) is 26.3 Å². The van der Waals surface area contributed by atoms with Crippen LogP contribution in [0, 0.1) is 0 Å². The van der Waals surface area contributed by atoms with E-state index in [1.54, 1.807) is 25.1 Å². The van der Waals surface area contributed by atoms with Crippen LogP contribution in [0.3, 0.4) is 0 Å². The molecule has 1 rings (SSSR count). The van der Waals surface area contributed by atoms with Crippen LogP contribution < -0.4 is 10.7 Å². The van der Waals surface area contributed by atoms with Crippen molar-refractivity contribution < 1.29 is 9.59 Å². The Morgan fingerprint density at radius 2 is 1.90 bits per heavy atom. The molecule has 0 heterocycles. The average molecular weight is 316 g/mol. The number of rotatable bonds is 4. The summed E-state index contributed by atoms with van der Waals surface area (Å²) >= 11 is 11.9. The lowest BCUT2D eigenvalue weighted by Gasteiger charge is -2.09. The van der Waals surface area contributed by atoms with Crippen LogP contribution in [0.25, 0.3) is 0 Å². The van der Waals surface area contributed by atoms with Gasteiger partial charge in [-0.1, -0.05) is 36.2 Å². The Balaban J connectivity index is 2.61. The third kappa shape index (κ3) is 4.83. The van der Waals surface area contributed by atoms with E-state index >= 15 is 0 Å². The topological polar surface area (TPSA) is 70.6 Å². The first-order valence-electron chi connectivity index (χ1n) is 6.03. The van der Waals surface area contributed by atoms with Crippen molar-refractivity contribution >= 4 is 41.2 Å². The molecule has 2 amide bonds. The molecule has 0 bridgehead atoms. The monoisotopic (exact) mass is 315 g/mol. The molecule has 0 radical (unpaired) electrons. The molecule has 0 saturated heterocycles. The summed E-state index contributed by atoms with van der Waals surface area (Å²) in [5.74, 6) is -1.58. The fourth-order valence-electron chi connectivity index (χ4n) is 1.23. The molecule has 0 spiro atoms. The fourth-order valence-corrected chi connectivity index (χ4v) is 1.73. The Kier molecular flexibility index (Phi) is 6.48. The van der Waals surface area contributed by atoms with Crippen molar-refractivity contribution in [1.29, 1.82) is 0 Å². The summed E-state index contributed by atoms with van der Waals surface area (Å²) in [6.07, 6.45) is 2.02. The molecule has 1 aromatic rings. The van der Waals surface area contributed by atoms with Gasteiger partial charge in [0.05, 0.1) is 16.3 Å². The predicted molar refractivity (Wildman–Crippen MR) is 80.1 cm³/mol. The lowest BCUT2D eigenvalue weighted by Crippen LogP contribution is -2.41. The van der Waals surface area contributed by atoms with E-state index in [1.807, 2.05) is 6.92 Å². The van der Waals surface area contributed by atoms with Gasteiger partial charge in [0.15, 0.2) is 0 Å². The van der Waals surface area contributed by atoms with Crippen LogP contribution in [0.2, 0.25) is 10.0 Å². The molecule has 0 aliphatic heterocycles. The van der Waals surface area contributed by atoms with Crippen molar-refractivity contribution in [3.8, 4) is 0 Å². The number of hydrazone groups is 1. The summed E-state index contributed by atoms with van der Waals surface area (Å²) in [7, 11) is 0. The van der Waals surface area contributed by atoms with Crippen LogP contribution in [0.15, 0.2) is 23.3 Å². The van der Waals surface area contributed by atoms with Crippen molar-refractivity contribution in [2.75, 3.05) is 0 Å². The molecular formula is C13H15Cl2N3O2. The van der Waals surface area contributed by atoms with Crippen LogP contribution in [0.4, 0.5) is 0 Å². The number of carbonyl (C=O) groups is 2. The zero-order chi connectivity index (χ0) is 15.1. The molecule has 1 aromatic carbocycles. The summed E-state index contributed by atoms with van der Waals surface area (Å²) in [5.41, 5.74) is 2.59. The van der Waals surface area contributed by atoms with Crippen molar-refractivity contribution in [3.63, 3.8) is 0 Å². The van der Waals surface area contributed by atoms with Gasteiger partial charge in [0.2, 0.25) is 0 Å². The maximum atomic E-state index is 11.5. The molecule has 0 aromatic heterocycles. The Morgan fingerprint density at radius 3 is 2.45 bits per heavy atom. The van der Waals surface area contributed by atoms with Gasteiger partial charge in [-0.25, -0.2) is 5.43 Å². The minimum atomic E-state index is -0.843. The number of nitrogens with one attached hydrogen (secondary N) is 2. The van der Waals surface area contributed by atoms with Gasteiger partial charge in [-0.05, 0) is 25.5 Å². The van der Waals surface area contributed by atoms with Gasteiger partial charge in [-0.15, -0.1) is 0 Å². The molecule has 20 heavy (non-hydrogen) atoms. The SMILES string of the molecule is CC[C@@H](C)NC(=O)C(=O)N/N=C\c1c(Cl)cccc1Cl. The minimum Gasteiger partial charge on any atom is -0.345 e. The predicted octanol–water partition coefficient (Wildman–Crippen LogP) is 2.36. The lowest BCUT2D eigenvalue weighted by atomic mass is 10.2. The highest BCUT2D eigenvalue weighted by atomic mass is 35.5. The number of amides is 2. The van der Waals surface area contributed by atoms with E-state index in [-0.39, 0.29) is 6.04 Å². The van der Waals surface area contributed by atoms with Crippen LogP contribution in [0.5, 0.6) is 0 Å². The van der Waals surface area contributed by atoms with E-state index in [0.717, 1.165) is 6.42 Å². The summed E-state index contributed by atoms with van der Waals surface area (Å²) in [6, 6.07) is 4.91. The highest BCUT2D eigenvalue weighted by Gasteiger charge is 2.14. The van der Waals surface area contributed by atoms with Gasteiger partial charge in [-0.2, -0.15) is 5.10 Å². The summed E-state index contributed by atoms with van der Waals surface area (Å²) in [6.45, 7) is 3.71. The van der Waals surface area contributed by atoms with Gasteiger partial charge < -0.3 is 5.32 Å². The quantitative estimate of drug-likeness (QED) is 0.508. The molecule has 5 nitrogen and oxygen atoms in total. The number of nitrogens with zero attached hydrogens (tertiary/aromatic N) is 1. The first-order valence-corrected chi connectivity index (χ1v) is 6.79. The molecule has 0 fully saturated rings. The van der Waals surface area contributed by atoms with E-state index < -0.39 is 11.8 Å². The second kappa shape index (κ2) is 7.87. The number of hydrogen-bond acceptors (Lipinski definition) is 3. The molecule has 108 valence electrons. The smallest absolute Gasteiger partial charge is 0.329 e.